The smallest absolute Gasteiger partial charge is 0.414 e. The number of likely N-dealkylation sites (N-methyl/N-ethyl adjacent to an activating group) is 2. The molecule has 0 aliphatic rings. The highest BCUT2D eigenvalue weighted by Gasteiger charge is 2.26. The highest BCUT2D eigenvalue weighted by Crippen LogP contribution is 2.18. The Morgan fingerprint density at radius 3 is 1.78 bits per heavy atom. The van der Waals surface area contributed by atoms with Gasteiger partial charge in [-0.05, 0) is 52.5 Å². The fraction of sp³-hybridized carbons (Fsp3) is 0.500. The number of hydrogen-bond acceptors (Lipinski definition) is 9. The number of carboxylic acid groups (broad SMARTS) is 2. The SMILES string of the molecule is CN(C)CCOC(=O)CC(Oc1ccc(Cl)cc1)C(=O)OCCN(C)C.O=C(O)C(=O)O. The Kier molecular flexibility index (Phi) is 14.4. The summed E-state index contributed by atoms with van der Waals surface area (Å²) in [4.78, 5) is 46.3. The van der Waals surface area contributed by atoms with Gasteiger partial charge in [0.15, 0.2) is 0 Å². The van der Waals surface area contributed by atoms with Gasteiger partial charge in [0.05, 0.1) is 6.42 Å². The third kappa shape index (κ3) is 15.0. The molecule has 2 N–H and O–H groups in total. The first kappa shape index (κ1) is 29.1. The number of carboxylic acids is 2. The standard InChI is InChI=1S/C18H27ClN2O5.C2H2O4/c1-20(2)9-11-24-17(22)13-16(18(23)25-12-10-21(3)4)26-15-7-5-14(19)6-8-15;3-1(4)2(5)6/h5-8,16H,9-13H2,1-4H3;(H,3,4)(H,5,6). The zero-order valence-corrected chi connectivity index (χ0v) is 19.2. The molecule has 1 atom stereocenters. The van der Waals surface area contributed by atoms with Crippen LogP contribution in [0.5, 0.6) is 5.75 Å². The van der Waals surface area contributed by atoms with E-state index in [9.17, 15) is 9.59 Å². The van der Waals surface area contributed by atoms with Crippen molar-refractivity contribution < 1.29 is 43.6 Å². The molecule has 0 amide bonds. The zero-order valence-electron chi connectivity index (χ0n) is 18.4. The monoisotopic (exact) mass is 476 g/mol. The molecule has 1 aromatic carbocycles. The number of rotatable bonds is 11. The van der Waals surface area contributed by atoms with Gasteiger partial charge in [-0.3, -0.25) is 4.79 Å². The van der Waals surface area contributed by atoms with E-state index in [4.69, 9.17) is 45.6 Å². The van der Waals surface area contributed by atoms with E-state index in [0.29, 0.717) is 23.9 Å². The lowest BCUT2D eigenvalue weighted by Crippen LogP contribution is -2.34. The van der Waals surface area contributed by atoms with Crippen LogP contribution in [0.1, 0.15) is 6.42 Å². The Morgan fingerprint density at radius 2 is 1.34 bits per heavy atom. The summed E-state index contributed by atoms with van der Waals surface area (Å²) in [6.45, 7) is 1.63. The second-order valence-corrected chi connectivity index (χ2v) is 7.31. The van der Waals surface area contributed by atoms with Crippen molar-refractivity contribution in [2.24, 2.45) is 0 Å². The maximum absolute atomic E-state index is 12.3. The van der Waals surface area contributed by atoms with Crippen LogP contribution in [0.2, 0.25) is 5.02 Å². The Labute approximate surface area is 191 Å². The average molecular weight is 477 g/mol. The molecule has 1 aromatic rings. The molecule has 0 radical (unpaired) electrons. The largest absolute Gasteiger partial charge is 0.478 e. The molecule has 11 nitrogen and oxygen atoms in total. The van der Waals surface area contributed by atoms with Crippen molar-refractivity contribution in [1.29, 1.82) is 0 Å². The number of carbonyl (C=O) groups is 4. The van der Waals surface area contributed by atoms with Crippen molar-refractivity contribution in [3.8, 4) is 5.75 Å². The van der Waals surface area contributed by atoms with E-state index in [1.165, 1.54) is 0 Å². The molecule has 0 saturated carbocycles. The molecule has 0 fully saturated rings. The summed E-state index contributed by atoms with van der Waals surface area (Å²) in [6.07, 6.45) is -1.30. The number of esters is 2. The minimum absolute atomic E-state index is 0.210. The molecule has 180 valence electrons. The van der Waals surface area contributed by atoms with Gasteiger partial charge in [0, 0.05) is 18.1 Å². The van der Waals surface area contributed by atoms with E-state index in [1.54, 1.807) is 24.3 Å². The van der Waals surface area contributed by atoms with Crippen molar-refractivity contribution in [2.75, 3.05) is 54.5 Å². The molecular weight excluding hydrogens is 448 g/mol. The number of nitrogens with zero attached hydrogens (tertiary/aromatic N) is 2. The summed E-state index contributed by atoms with van der Waals surface area (Å²) in [7, 11) is 7.50. The van der Waals surface area contributed by atoms with E-state index < -0.39 is 30.0 Å². The second-order valence-electron chi connectivity index (χ2n) is 6.87. The van der Waals surface area contributed by atoms with E-state index >= 15 is 0 Å². The molecule has 0 spiro atoms. The molecule has 1 unspecified atom stereocenters. The first-order valence-electron chi connectivity index (χ1n) is 9.42. The maximum Gasteiger partial charge on any atom is 0.414 e. The molecule has 0 heterocycles. The summed E-state index contributed by atoms with van der Waals surface area (Å²) >= 11 is 5.85. The third-order valence-electron chi connectivity index (χ3n) is 3.47. The Morgan fingerprint density at radius 1 is 0.875 bits per heavy atom. The normalized spacial score (nSPS) is 11.2. The molecule has 0 bridgehead atoms. The molecular formula is C20H29ClN2O9. The number of carbonyl (C=O) groups excluding carboxylic acids is 2. The maximum atomic E-state index is 12.3. The Hall–Kier alpha value is -2.89. The van der Waals surface area contributed by atoms with Crippen LogP contribution in [-0.4, -0.2) is 104 Å². The van der Waals surface area contributed by atoms with Gasteiger partial charge in [-0.15, -0.1) is 0 Å². The van der Waals surface area contributed by atoms with Gasteiger partial charge in [0.25, 0.3) is 0 Å². The van der Waals surface area contributed by atoms with Crippen LogP contribution < -0.4 is 4.74 Å². The predicted molar refractivity (Wildman–Crippen MR) is 115 cm³/mol. The predicted octanol–water partition coefficient (Wildman–Crippen LogP) is 0.843. The second kappa shape index (κ2) is 15.8. The molecule has 0 saturated heterocycles. The summed E-state index contributed by atoms with van der Waals surface area (Å²) < 4.78 is 16.0. The van der Waals surface area contributed by atoms with Crippen LogP contribution in [0.15, 0.2) is 24.3 Å². The number of halogens is 1. The number of hydrogen-bond donors (Lipinski definition) is 2. The van der Waals surface area contributed by atoms with Crippen LogP contribution in [0.4, 0.5) is 0 Å². The molecule has 32 heavy (non-hydrogen) atoms. The lowest BCUT2D eigenvalue weighted by molar-refractivity contribution is -0.159. The van der Waals surface area contributed by atoms with Crippen LogP contribution in [0.25, 0.3) is 0 Å². The van der Waals surface area contributed by atoms with E-state index in [0.717, 1.165) is 0 Å². The van der Waals surface area contributed by atoms with E-state index in [1.807, 2.05) is 38.0 Å². The van der Waals surface area contributed by atoms with Gasteiger partial charge in [-0.2, -0.15) is 0 Å². The van der Waals surface area contributed by atoms with Crippen LogP contribution in [-0.2, 0) is 28.7 Å². The Bertz CT molecular complexity index is 727. The fourth-order valence-corrected chi connectivity index (χ4v) is 1.95. The van der Waals surface area contributed by atoms with Crippen molar-refractivity contribution in [3.63, 3.8) is 0 Å². The van der Waals surface area contributed by atoms with Gasteiger partial charge >= 0.3 is 23.9 Å². The van der Waals surface area contributed by atoms with Gasteiger partial charge in [-0.25, -0.2) is 14.4 Å². The molecule has 0 aliphatic carbocycles. The van der Waals surface area contributed by atoms with Gasteiger partial charge in [0.1, 0.15) is 19.0 Å². The van der Waals surface area contributed by atoms with Crippen molar-refractivity contribution in [3.05, 3.63) is 29.3 Å². The van der Waals surface area contributed by atoms with Gasteiger partial charge in [-0.1, -0.05) is 11.6 Å². The quantitative estimate of drug-likeness (QED) is 0.346. The molecule has 1 rings (SSSR count). The lowest BCUT2D eigenvalue weighted by atomic mass is 10.2. The fourth-order valence-electron chi connectivity index (χ4n) is 1.82. The van der Waals surface area contributed by atoms with Crippen LogP contribution >= 0.6 is 11.6 Å². The summed E-state index contributed by atoms with van der Waals surface area (Å²) in [6, 6.07) is 6.53. The highest BCUT2D eigenvalue weighted by atomic mass is 35.5. The summed E-state index contributed by atoms with van der Waals surface area (Å²) in [5, 5.41) is 15.3. The van der Waals surface area contributed by atoms with Crippen molar-refractivity contribution >= 4 is 35.5 Å². The topological polar surface area (TPSA) is 143 Å². The molecule has 12 heteroatoms. The van der Waals surface area contributed by atoms with E-state index in [-0.39, 0.29) is 19.6 Å². The Balaban J connectivity index is 0.00000140. The number of ether oxygens (including phenoxy) is 3. The van der Waals surface area contributed by atoms with Crippen LogP contribution in [0, 0.1) is 0 Å². The first-order valence-corrected chi connectivity index (χ1v) is 9.80. The zero-order chi connectivity index (χ0) is 24.7. The van der Waals surface area contributed by atoms with E-state index in [2.05, 4.69) is 0 Å². The lowest BCUT2D eigenvalue weighted by Gasteiger charge is -2.18. The summed E-state index contributed by atoms with van der Waals surface area (Å²) in [5.74, 6) is -4.35. The first-order chi connectivity index (χ1) is 14.9. The van der Waals surface area contributed by atoms with Crippen LogP contribution in [0.3, 0.4) is 0 Å². The summed E-state index contributed by atoms with van der Waals surface area (Å²) in [5.41, 5.74) is 0. The molecule has 0 aromatic heterocycles. The minimum Gasteiger partial charge on any atom is -0.478 e. The highest BCUT2D eigenvalue weighted by molar-refractivity contribution is 6.30. The van der Waals surface area contributed by atoms with Gasteiger partial charge in [0.2, 0.25) is 6.10 Å². The number of benzene rings is 1. The van der Waals surface area contributed by atoms with Gasteiger partial charge < -0.3 is 34.2 Å². The average Bonchev–Trinajstić information content (AvgIpc) is 2.68. The minimum atomic E-state index is -1.82. The number of aliphatic carboxylic acids is 2. The third-order valence-corrected chi connectivity index (χ3v) is 3.73. The van der Waals surface area contributed by atoms with Crippen molar-refractivity contribution in [2.45, 2.75) is 12.5 Å². The molecule has 0 aliphatic heterocycles. The van der Waals surface area contributed by atoms with Crippen molar-refractivity contribution in [1.82, 2.24) is 9.80 Å².